The van der Waals surface area contributed by atoms with Crippen LogP contribution in [0.15, 0.2) is 6.07 Å². The number of aryl methyl sites for hydroxylation is 2. The first-order valence-corrected chi connectivity index (χ1v) is 5.55. The van der Waals surface area contributed by atoms with Gasteiger partial charge in [-0.25, -0.2) is 0 Å². The second-order valence-corrected chi connectivity index (χ2v) is 4.83. The van der Waals surface area contributed by atoms with Crippen LogP contribution in [0.3, 0.4) is 0 Å². The van der Waals surface area contributed by atoms with Gasteiger partial charge in [-0.15, -0.1) is 0 Å². The molecule has 1 rings (SSSR count). The number of nitrogens with one attached hydrogen (secondary N) is 1. The van der Waals surface area contributed by atoms with Crippen LogP contribution in [0, 0.1) is 25.2 Å². The van der Waals surface area contributed by atoms with Crippen molar-refractivity contribution in [2.24, 2.45) is 0 Å². The molecule has 1 N–H and O–H groups in total. The molecule has 0 amide bonds. The van der Waals surface area contributed by atoms with E-state index in [1.54, 1.807) is 7.11 Å². The zero-order valence-corrected chi connectivity index (χ0v) is 11.1. The quantitative estimate of drug-likeness (QED) is 0.867. The van der Waals surface area contributed by atoms with E-state index in [0.29, 0.717) is 12.2 Å². The highest BCUT2D eigenvalue weighted by molar-refractivity contribution is 5.60. The van der Waals surface area contributed by atoms with Crippen LogP contribution in [0.2, 0.25) is 0 Å². The number of aromatic nitrogens is 1. The van der Waals surface area contributed by atoms with E-state index in [4.69, 9.17) is 10.00 Å². The number of ether oxygens (including phenoxy) is 1. The molecular formula is C13H19N3O. The van der Waals surface area contributed by atoms with Crippen LogP contribution in [0.1, 0.15) is 30.8 Å². The molecule has 0 aliphatic heterocycles. The van der Waals surface area contributed by atoms with Crippen LogP contribution in [-0.2, 0) is 4.74 Å². The fourth-order valence-corrected chi connectivity index (χ4v) is 1.83. The molecule has 0 aromatic carbocycles. The molecule has 0 aliphatic carbocycles. The summed E-state index contributed by atoms with van der Waals surface area (Å²) < 4.78 is 5.15. The number of methoxy groups -OCH3 is 1. The van der Waals surface area contributed by atoms with Gasteiger partial charge in [-0.3, -0.25) is 4.98 Å². The molecular weight excluding hydrogens is 214 g/mol. The number of hydrogen-bond acceptors (Lipinski definition) is 4. The van der Waals surface area contributed by atoms with E-state index in [1.807, 2.05) is 33.8 Å². The predicted octanol–water partition coefficient (Wildman–Crippen LogP) is 2.41. The van der Waals surface area contributed by atoms with E-state index in [1.165, 1.54) is 0 Å². The van der Waals surface area contributed by atoms with Crippen LogP contribution >= 0.6 is 0 Å². The SMILES string of the molecule is COCC(C)(C)Nc1cc(C)nc(C)c1C#N. The Morgan fingerprint density at radius 3 is 2.65 bits per heavy atom. The fraction of sp³-hybridized carbons (Fsp3) is 0.538. The van der Waals surface area contributed by atoms with Crippen molar-refractivity contribution in [2.75, 3.05) is 19.0 Å². The van der Waals surface area contributed by atoms with Gasteiger partial charge in [0.25, 0.3) is 0 Å². The minimum absolute atomic E-state index is 0.222. The molecule has 17 heavy (non-hydrogen) atoms. The van der Waals surface area contributed by atoms with Crippen molar-refractivity contribution in [3.05, 3.63) is 23.0 Å². The molecule has 0 unspecified atom stereocenters. The van der Waals surface area contributed by atoms with E-state index in [9.17, 15) is 0 Å². The fourth-order valence-electron chi connectivity index (χ4n) is 1.83. The normalized spacial score (nSPS) is 11.1. The maximum atomic E-state index is 9.16. The Bertz CT molecular complexity index is 447. The maximum absolute atomic E-state index is 9.16. The average molecular weight is 233 g/mol. The third kappa shape index (κ3) is 3.43. The van der Waals surface area contributed by atoms with Gasteiger partial charge in [-0.2, -0.15) is 5.26 Å². The summed E-state index contributed by atoms with van der Waals surface area (Å²) in [5, 5.41) is 12.5. The Balaban J connectivity index is 3.10. The first kappa shape index (κ1) is 13.5. The average Bonchev–Trinajstić information content (AvgIpc) is 2.15. The van der Waals surface area contributed by atoms with Crippen LogP contribution in [-0.4, -0.2) is 24.2 Å². The van der Waals surface area contributed by atoms with E-state index < -0.39 is 0 Å². The summed E-state index contributed by atoms with van der Waals surface area (Å²) in [4.78, 5) is 4.29. The maximum Gasteiger partial charge on any atom is 0.103 e. The van der Waals surface area contributed by atoms with Gasteiger partial charge in [0.15, 0.2) is 0 Å². The van der Waals surface area contributed by atoms with Crippen molar-refractivity contribution in [2.45, 2.75) is 33.2 Å². The lowest BCUT2D eigenvalue weighted by atomic mass is 10.0. The molecule has 0 saturated carbocycles. The molecule has 1 heterocycles. The van der Waals surface area contributed by atoms with Gasteiger partial charge >= 0.3 is 0 Å². The van der Waals surface area contributed by atoms with Gasteiger partial charge in [0.2, 0.25) is 0 Å². The number of nitrogens with zero attached hydrogens (tertiary/aromatic N) is 2. The smallest absolute Gasteiger partial charge is 0.103 e. The van der Waals surface area contributed by atoms with Crippen molar-refractivity contribution in [1.82, 2.24) is 4.98 Å². The van der Waals surface area contributed by atoms with Crippen LogP contribution in [0.4, 0.5) is 5.69 Å². The van der Waals surface area contributed by atoms with Crippen LogP contribution in [0.5, 0.6) is 0 Å². The molecule has 0 atom stereocenters. The van der Waals surface area contributed by atoms with Crippen molar-refractivity contribution < 1.29 is 4.74 Å². The van der Waals surface area contributed by atoms with E-state index in [2.05, 4.69) is 16.4 Å². The topological polar surface area (TPSA) is 57.9 Å². The van der Waals surface area contributed by atoms with Crippen LogP contribution in [0.25, 0.3) is 0 Å². The van der Waals surface area contributed by atoms with Crippen LogP contribution < -0.4 is 5.32 Å². The standard InChI is InChI=1S/C13H19N3O/c1-9-6-12(11(7-14)10(2)15-9)16-13(3,4)8-17-5/h6H,8H2,1-5H3,(H,15,16). The van der Waals surface area contributed by atoms with Gasteiger partial charge in [0.1, 0.15) is 6.07 Å². The van der Waals surface area contributed by atoms with Crippen molar-refractivity contribution in [1.29, 1.82) is 5.26 Å². The lowest BCUT2D eigenvalue weighted by Gasteiger charge is -2.27. The summed E-state index contributed by atoms with van der Waals surface area (Å²) in [6.45, 7) is 8.40. The lowest BCUT2D eigenvalue weighted by Crippen LogP contribution is -2.36. The lowest BCUT2D eigenvalue weighted by molar-refractivity contribution is 0.158. The highest BCUT2D eigenvalue weighted by atomic mass is 16.5. The highest BCUT2D eigenvalue weighted by Gasteiger charge is 2.19. The van der Waals surface area contributed by atoms with Gasteiger partial charge in [-0.1, -0.05) is 0 Å². The number of rotatable bonds is 4. The second-order valence-electron chi connectivity index (χ2n) is 4.83. The van der Waals surface area contributed by atoms with Gasteiger partial charge in [-0.05, 0) is 33.8 Å². The Hall–Kier alpha value is -1.60. The molecule has 0 spiro atoms. The molecule has 4 nitrogen and oxygen atoms in total. The number of hydrogen-bond donors (Lipinski definition) is 1. The monoisotopic (exact) mass is 233 g/mol. The first-order chi connectivity index (χ1) is 7.89. The second kappa shape index (κ2) is 5.15. The Labute approximate surface area is 103 Å². The van der Waals surface area contributed by atoms with E-state index >= 15 is 0 Å². The Morgan fingerprint density at radius 1 is 1.47 bits per heavy atom. The number of pyridine rings is 1. The predicted molar refractivity (Wildman–Crippen MR) is 68.0 cm³/mol. The summed E-state index contributed by atoms with van der Waals surface area (Å²) in [6, 6.07) is 4.08. The summed E-state index contributed by atoms with van der Waals surface area (Å²) in [5.74, 6) is 0. The third-order valence-electron chi connectivity index (χ3n) is 2.42. The van der Waals surface area contributed by atoms with Gasteiger partial charge in [0, 0.05) is 12.8 Å². The largest absolute Gasteiger partial charge is 0.382 e. The molecule has 0 fully saturated rings. The molecule has 0 bridgehead atoms. The first-order valence-electron chi connectivity index (χ1n) is 5.55. The Morgan fingerprint density at radius 2 is 2.12 bits per heavy atom. The summed E-state index contributed by atoms with van der Waals surface area (Å²) in [6.07, 6.45) is 0. The molecule has 4 heteroatoms. The van der Waals surface area contributed by atoms with Gasteiger partial charge in [0.05, 0.1) is 29.1 Å². The zero-order chi connectivity index (χ0) is 13.1. The number of anilines is 1. The minimum Gasteiger partial charge on any atom is -0.382 e. The van der Waals surface area contributed by atoms with Crippen molar-refractivity contribution >= 4 is 5.69 Å². The minimum atomic E-state index is -0.222. The molecule has 0 saturated heterocycles. The van der Waals surface area contributed by atoms with Crippen molar-refractivity contribution in [3.8, 4) is 6.07 Å². The molecule has 92 valence electrons. The highest BCUT2D eigenvalue weighted by Crippen LogP contribution is 2.22. The summed E-state index contributed by atoms with van der Waals surface area (Å²) in [7, 11) is 1.66. The molecule has 1 aromatic heterocycles. The van der Waals surface area contributed by atoms with E-state index in [-0.39, 0.29) is 5.54 Å². The third-order valence-corrected chi connectivity index (χ3v) is 2.42. The van der Waals surface area contributed by atoms with Gasteiger partial charge < -0.3 is 10.1 Å². The van der Waals surface area contributed by atoms with Crippen molar-refractivity contribution in [3.63, 3.8) is 0 Å². The Kier molecular flexibility index (Phi) is 4.08. The zero-order valence-electron chi connectivity index (χ0n) is 11.1. The molecule has 0 radical (unpaired) electrons. The molecule has 1 aromatic rings. The number of nitriles is 1. The summed E-state index contributed by atoms with van der Waals surface area (Å²) in [5.41, 5.74) is 2.85. The summed E-state index contributed by atoms with van der Waals surface area (Å²) >= 11 is 0. The van der Waals surface area contributed by atoms with E-state index in [0.717, 1.165) is 17.1 Å². The molecule has 0 aliphatic rings.